The van der Waals surface area contributed by atoms with Crippen LogP contribution < -0.4 is 15.4 Å². The summed E-state index contributed by atoms with van der Waals surface area (Å²) in [6, 6.07) is 4.19. The SMILES string of the molecule is COCC1(CNC(=O)c2ccc(OC)c([N+](=O)[O-])c2)CCNCC1. The van der Waals surface area contributed by atoms with Crippen molar-refractivity contribution in [1.29, 1.82) is 0 Å². The molecule has 1 aromatic carbocycles. The topological polar surface area (TPSA) is 103 Å². The summed E-state index contributed by atoms with van der Waals surface area (Å²) in [7, 11) is 3.01. The van der Waals surface area contributed by atoms with Gasteiger partial charge in [0.25, 0.3) is 5.91 Å². The number of ether oxygens (including phenoxy) is 2. The molecule has 0 radical (unpaired) electrons. The van der Waals surface area contributed by atoms with Crippen molar-refractivity contribution in [2.45, 2.75) is 12.8 Å². The average Bonchev–Trinajstić information content (AvgIpc) is 2.60. The summed E-state index contributed by atoms with van der Waals surface area (Å²) in [6.45, 7) is 2.80. The highest BCUT2D eigenvalue weighted by atomic mass is 16.6. The van der Waals surface area contributed by atoms with Gasteiger partial charge in [-0.2, -0.15) is 0 Å². The Kier molecular flexibility index (Phi) is 6.10. The van der Waals surface area contributed by atoms with Gasteiger partial charge in [0.2, 0.25) is 0 Å². The first-order valence-corrected chi connectivity index (χ1v) is 7.82. The first-order chi connectivity index (χ1) is 11.5. The fourth-order valence-electron chi connectivity index (χ4n) is 2.98. The van der Waals surface area contributed by atoms with Crippen LogP contribution >= 0.6 is 0 Å². The predicted molar refractivity (Wildman–Crippen MR) is 88.4 cm³/mol. The van der Waals surface area contributed by atoms with Crippen LogP contribution in [0.15, 0.2) is 18.2 Å². The molecule has 1 amide bonds. The van der Waals surface area contributed by atoms with Gasteiger partial charge in [0.1, 0.15) is 0 Å². The van der Waals surface area contributed by atoms with Gasteiger partial charge >= 0.3 is 5.69 Å². The summed E-state index contributed by atoms with van der Waals surface area (Å²) >= 11 is 0. The number of methoxy groups -OCH3 is 2. The smallest absolute Gasteiger partial charge is 0.311 e. The molecule has 8 nitrogen and oxygen atoms in total. The van der Waals surface area contributed by atoms with Crippen molar-refractivity contribution >= 4 is 11.6 Å². The zero-order chi connectivity index (χ0) is 17.6. The Labute approximate surface area is 140 Å². The Bertz CT molecular complexity index is 594. The molecule has 1 fully saturated rings. The zero-order valence-corrected chi connectivity index (χ0v) is 14.0. The largest absolute Gasteiger partial charge is 0.490 e. The van der Waals surface area contributed by atoms with Crippen LogP contribution in [-0.4, -0.2) is 51.3 Å². The minimum absolute atomic E-state index is 0.103. The molecule has 24 heavy (non-hydrogen) atoms. The van der Waals surface area contributed by atoms with Crippen LogP contribution in [0.3, 0.4) is 0 Å². The number of nitro groups is 1. The maximum Gasteiger partial charge on any atom is 0.311 e. The van der Waals surface area contributed by atoms with Crippen LogP contribution in [0.4, 0.5) is 5.69 Å². The van der Waals surface area contributed by atoms with Crippen molar-refractivity contribution in [2.24, 2.45) is 5.41 Å². The lowest BCUT2D eigenvalue weighted by Gasteiger charge is -2.37. The van der Waals surface area contributed by atoms with E-state index in [-0.39, 0.29) is 28.3 Å². The van der Waals surface area contributed by atoms with Gasteiger partial charge in [0, 0.05) is 30.7 Å². The minimum Gasteiger partial charge on any atom is -0.490 e. The van der Waals surface area contributed by atoms with Gasteiger partial charge in [-0.15, -0.1) is 0 Å². The number of piperidine rings is 1. The van der Waals surface area contributed by atoms with Gasteiger partial charge < -0.3 is 20.1 Å². The second kappa shape index (κ2) is 8.07. The number of carbonyl (C=O) groups is 1. The highest BCUT2D eigenvalue weighted by molar-refractivity contribution is 5.95. The number of nitrogens with one attached hydrogen (secondary N) is 2. The van der Waals surface area contributed by atoms with E-state index in [0.717, 1.165) is 25.9 Å². The molecule has 8 heteroatoms. The van der Waals surface area contributed by atoms with Gasteiger partial charge in [0.15, 0.2) is 5.75 Å². The molecule has 1 aromatic rings. The third-order valence-corrected chi connectivity index (χ3v) is 4.38. The number of amides is 1. The van der Waals surface area contributed by atoms with E-state index < -0.39 is 4.92 Å². The fraction of sp³-hybridized carbons (Fsp3) is 0.562. The predicted octanol–water partition coefficient (Wildman–Crippen LogP) is 1.35. The van der Waals surface area contributed by atoms with Crippen LogP contribution in [0.2, 0.25) is 0 Å². The summed E-state index contributed by atoms with van der Waals surface area (Å²) in [6.07, 6.45) is 1.81. The molecule has 1 heterocycles. The third kappa shape index (κ3) is 4.21. The Morgan fingerprint density at radius 3 is 2.67 bits per heavy atom. The number of nitro benzene ring substituents is 1. The molecule has 1 saturated heterocycles. The quantitative estimate of drug-likeness (QED) is 0.575. The van der Waals surface area contributed by atoms with Gasteiger partial charge in [0.05, 0.1) is 18.6 Å². The summed E-state index contributed by atoms with van der Waals surface area (Å²) < 4.78 is 10.3. The summed E-state index contributed by atoms with van der Waals surface area (Å²) in [5.41, 5.74) is -0.0868. The highest BCUT2D eigenvalue weighted by Crippen LogP contribution is 2.29. The van der Waals surface area contributed by atoms with Crippen molar-refractivity contribution in [3.8, 4) is 5.75 Å². The van der Waals surface area contributed by atoms with Crippen molar-refractivity contribution < 1.29 is 19.2 Å². The van der Waals surface area contributed by atoms with Gasteiger partial charge in [-0.1, -0.05) is 0 Å². The number of rotatable bonds is 7. The lowest BCUT2D eigenvalue weighted by atomic mass is 9.79. The number of nitrogens with zero attached hydrogens (tertiary/aromatic N) is 1. The van der Waals surface area contributed by atoms with Gasteiger partial charge in [-0.3, -0.25) is 14.9 Å². The first-order valence-electron chi connectivity index (χ1n) is 7.82. The molecule has 0 saturated carbocycles. The lowest BCUT2D eigenvalue weighted by molar-refractivity contribution is -0.385. The molecule has 2 N–H and O–H groups in total. The summed E-state index contributed by atoms with van der Waals surface area (Å²) in [5.74, 6) is -0.208. The molecule has 0 atom stereocenters. The van der Waals surface area contributed by atoms with Gasteiger partial charge in [-0.05, 0) is 38.1 Å². The molecule has 1 aliphatic rings. The Morgan fingerprint density at radius 2 is 2.08 bits per heavy atom. The molecular weight excluding hydrogens is 314 g/mol. The third-order valence-electron chi connectivity index (χ3n) is 4.38. The summed E-state index contributed by atoms with van der Waals surface area (Å²) in [5, 5.41) is 17.2. The van der Waals surface area contributed by atoms with Gasteiger partial charge in [-0.25, -0.2) is 0 Å². The van der Waals surface area contributed by atoms with Crippen molar-refractivity contribution in [2.75, 3.05) is 40.5 Å². The molecule has 1 aliphatic heterocycles. The lowest BCUT2D eigenvalue weighted by Crippen LogP contribution is -2.47. The normalized spacial score (nSPS) is 16.4. The van der Waals surface area contributed by atoms with E-state index in [0.29, 0.717) is 13.2 Å². The van der Waals surface area contributed by atoms with Crippen molar-refractivity contribution in [3.63, 3.8) is 0 Å². The number of carbonyl (C=O) groups excluding carboxylic acids is 1. The van der Waals surface area contributed by atoms with E-state index >= 15 is 0 Å². The van der Waals surface area contributed by atoms with Crippen LogP contribution in [0.5, 0.6) is 5.75 Å². The number of hydrogen-bond donors (Lipinski definition) is 2. The Morgan fingerprint density at radius 1 is 1.38 bits per heavy atom. The van der Waals surface area contributed by atoms with E-state index in [2.05, 4.69) is 10.6 Å². The molecule has 132 valence electrons. The van der Waals surface area contributed by atoms with E-state index in [9.17, 15) is 14.9 Å². The standard InChI is InChI=1S/C16H23N3O5/c1-23-11-16(5-7-17-8-6-16)10-18-15(20)12-3-4-14(24-2)13(9-12)19(21)22/h3-4,9,17H,5-8,10-11H2,1-2H3,(H,18,20). The van der Waals surface area contributed by atoms with Crippen LogP contribution in [0.1, 0.15) is 23.2 Å². The van der Waals surface area contributed by atoms with E-state index in [1.54, 1.807) is 7.11 Å². The number of benzene rings is 1. The molecule has 0 unspecified atom stereocenters. The first kappa shape index (κ1) is 18.2. The van der Waals surface area contributed by atoms with E-state index in [4.69, 9.17) is 9.47 Å². The fourth-order valence-corrected chi connectivity index (χ4v) is 2.98. The molecular formula is C16H23N3O5. The maximum atomic E-state index is 12.4. The average molecular weight is 337 g/mol. The molecule has 0 aromatic heterocycles. The second-order valence-electron chi connectivity index (χ2n) is 6.01. The monoisotopic (exact) mass is 337 g/mol. The molecule has 0 spiro atoms. The maximum absolute atomic E-state index is 12.4. The van der Waals surface area contributed by atoms with E-state index in [1.807, 2.05) is 0 Å². The molecule has 0 aliphatic carbocycles. The van der Waals surface area contributed by atoms with Crippen molar-refractivity contribution in [1.82, 2.24) is 10.6 Å². The van der Waals surface area contributed by atoms with Crippen molar-refractivity contribution in [3.05, 3.63) is 33.9 Å². The van der Waals surface area contributed by atoms with Crippen LogP contribution in [-0.2, 0) is 4.74 Å². The zero-order valence-electron chi connectivity index (χ0n) is 14.0. The van der Waals surface area contributed by atoms with E-state index in [1.165, 1.54) is 25.3 Å². The Balaban J connectivity index is 2.08. The number of hydrogen-bond acceptors (Lipinski definition) is 6. The molecule has 2 rings (SSSR count). The Hall–Kier alpha value is -2.19. The highest BCUT2D eigenvalue weighted by Gasteiger charge is 2.32. The molecule has 0 bridgehead atoms. The second-order valence-corrected chi connectivity index (χ2v) is 6.01. The summed E-state index contributed by atoms with van der Waals surface area (Å²) in [4.78, 5) is 22.9. The van der Waals surface area contributed by atoms with Crippen LogP contribution in [0, 0.1) is 15.5 Å². The van der Waals surface area contributed by atoms with Crippen LogP contribution in [0.25, 0.3) is 0 Å². The minimum atomic E-state index is -0.561.